The summed E-state index contributed by atoms with van der Waals surface area (Å²) in [5.74, 6) is 0.583. The average Bonchev–Trinajstić information content (AvgIpc) is 3.15. The molecule has 4 heterocycles. The number of benzene rings is 2. The minimum atomic E-state index is -0.562. The van der Waals surface area contributed by atoms with Gasteiger partial charge in [-0.2, -0.15) is 0 Å². The molecule has 2 atom stereocenters. The van der Waals surface area contributed by atoms with E-state index in [-0.39, 0.29) is 23.8 Å². The Bertz CT molecular complexity index is 1200. The largest absolute Gasteiger partial charge is 0.381 e. The van der Waals surface area contributed by atoms with Gasteiger partial charge in [0.05, 0.1) is 5.41 Å². The predicted octanol–water partition coefficient (Wildman–Crippen LogP) is 5.73. The second-order valence-corrected chi connectivity index (χ2v) is 10.8. The molecule has 35 heavy (non-hydrogen) atoms. The lowest BCUT2D eigenvalue weighted by atomic mass is 9.72. The van der Waals surface area contributed by atoms with Crippen molar-refractivity contribution in [3.05, 3.63) is 77.9 Å². The van der Waals surface area contributed by atoms with E-state index < -0.39 is 5.41 Å². The van der Waals surface area contributed by atoms with Gasteiger partial charge < -0.3 is 9.64 Å². The summed E-state index contributed by atoms with van der Waals surface area (Å²) < 4.78 is 20.2. The molecule has 6 rings (SSSR count). The molecule has 3 aromatic rings. The van der Waals surface area contributed by atoms with Crippen LogP contribution in [0.2, 0.25) is 0 Å². The van der Waals surface area contributed by atoms with Gasteiger partial charge in [0.1, 0.15) is 5.82 Å². The fourth-order valence-corrected chi connectivity index (χ4v) is 6.95. The number of ether oxygens (including phenoxy) is 1. The summed E-state index contributed by atoms with van der Waals surface area (Å²) in [7, 11) is 0. The van der Waals surface area contributed by atoms with Crippen LogP contribution in [0.15, 0.2) is 60.9 Å². The Hall–Kier alpha value is -2.79. The van der Waals surface area contributed by atoms with Crippen molar-refractivity contribution in [3.8, 4) is 0 Å². The molecule has 0 radical (unpaired) electrons. The van der Waals surface area contributed by atoms with E-state index in [1.54, 1.807) is 6.07 Å². The zero-order valence-electron chi connectivity index (χ0n) is 20.2. The van der Waals surface area contributed by atoms with Crippen LogP contribution >= 0.6 is 0 Å². The molecular formula is C30H33FN2O2. The Balaban J connectivity index is 1.22. The molecule has 3 aliphatic rings. The first-order valence-corrected chi connectivity index (χ1v) is 13.1. The van der Waals surface area contributed by atoms with Crippen LogP contribution < -0.4 is 0 Å². The maximum atomic E-state index is 14.6. The lowest BCUT2D eigenvalue weighted by Crippen LogP contribution is -2.55. The van der Waals surface area contributed by atoms with E-state index in [1.807, 2.05) is 24.5 Å². The van der Waals surface area contributed by atoms with E-state index in [4.69, 9.17) is 4.74 Å². The predicted molar refractivity (Wildman–Crippen MR) is 134 cm³/mol. The number of pyridine rings is 1. The number of carbonyl (C=O) groups excluding carboxylic acids is 1. The fourth-order valence-electron chi connectivity index (χ4n) is 6.95. The van der Waals surface area contributed by atoms with Gasteiger partial charge in [-0.15, -0.1) is 0 Å². The topological polar surface area (TPSA) is 42.4 Å². The van der Waals surface area contributed by atoms with Gasteiger partial charge in [0, 0.05) is 43.1 Å². The third-order valence-corrected chi connectivity index (χ3v) is 8.71. The van der Waals surface area contributed by atoms with Crippen molar-refractivity contribution in [3.63, 3.8) is 0 Å². The van der Waals surface area contributed by atoms with Crippen LogP contribution in [0, 0.1) is 17.2 Å². The van der Waals surface area contributed by atoms with E-state index >= 15 is 0 Å². The fraction of sp³-hybridized carbons (Fsp3) is 0.467. The molecule has 3 saturated heterocycles. The minimum absolute atomic E-state index is 0.212. The third-order valence-electron chi connectivity index (χ3n) is 8.71. The number of hydrogen-bond acceptors (Lipinski definition) is 3. The Morgan fingerprint density at radius 1 is 0.971 bits per heavy atom. The van der Waals surface area contributed by atoms with Crippen LogP contribution in [0.25, 0.3) is 10.8 Å². The summed E-state index contributed by atoms with van der Waals surface area (Å²) in [5, 5.41) is 2.48. The van der Waals surface area contributed by atoms with Crippen LogP contribution in [0.5, 0.6) is 0 Å². The summed E-state index contributed by atoms with van der Waals surface area (Å²) in [6.45, 7) is 1.14. The highest BCUT2D eigenvalue weighted by Gasteiger charge is 2.50. The van der Waals surface area contributed by atoms with Gasteiger partial charge >= 0.3 is 0 Å². The maximum Gasteiger partial charge on any atom is 0.229 e. The van der Waals surface area contributed by atoms with Crippen molar-refractivity contribution >= 4 is 16.7 Å². The van der Waals surface area contributed by atoms with Crippen molar-refractivity contribution in [1.82, 2.24) is 9.88 Å². The number of amides is 1. The lowest BCUT2D eigenvalue weighted by molar-refractivity contribution is -0.153. The van der Waals surface area contributed by atoms with E-state index in [9.17, 15) is 9.18 Å². The van der Waals surface area contributed by atoms with Crippen LogP contribution in [-0.2, 0) is 22.4 Å². The monoisotopic (exact) mass is 472 g/mol. The number of hydrogen-bond donors (Lipinski definition) is 0. The average molecular weight is 473 g/mol. The molecule has 3 aliphatic heterocycles. The van der Waals surface area contributed by atoms with Crippen molar-refractivity contribution in [2.45, 2.75) is 63.5 Å². The van der Waals surface area contributed by atoms with Crippen molar-refractivity contribution in [1.29, 1.82) is 0 Å². The molecule has 1 amide bonds. The van der Waals surface area contributed by atoms with Gasteiger partial charge in [0.15, 0.2) is 0 Å². The van der Waals surface area contributed by atoms with E-state index in [1.165, 1.54) is 22.4 Å². The van der Waals surface area contributed by atoms with Gasteiger partial charge in [0.25, 0.3) is 0 Å². The standard InChI is InChI=1S/C30H33FN2O2/c31-28-8-4-2-5-22(28)18-30(11-13-35-14-12-30)29(34)33-25-9-10-26(33)17-21(16-25)15-24-20-32-19-23-6-1-3-7-27(23)24/h1-8,19-21,25-26H,9-18H2/t25-,26-/m0/s1. The lowest BCUT2D eigenvalue weighted by Gasteiger charge is -2.46. The first kappa shape index (κ1) is 22.7. The van der Waals surface area contributed by atoms with E-state index in [2.05, 4.69) is 34.1 Å². The third kappa shape index (κ3) is 4.24. The second-order valence-electron chi connectivity index (χ2n) is 10.8. The quantitative estimate of drug-likeness (QED) is 0.477. The molecular weight excluding hydrogens is 439 g/mol. The number of piperidine rings is 1. The highest BCUT2D eigenvalue weighted by atomic mass is 19.1. The molecule has 1 aromatic heterocycles. The van der Waals surface area contributed by atoms with E-state index in [0.29, 0.717) is 44.0 Å². The first-order chi connectivity index (χ1) is 17.1. The number of aromatic nitrogens is 1. The zero-order valence-corrected chi connectivity index (χ0v) is 20.2. The van der Waals surface area contributed by atoms with Gasteiger partial charge in [-0.25, -0.2) is 4.39 Å². The summed E-state index contributed by atoms with van der Waals surface area (Å²) in [4.78, 5) is 20.9. The van der Waals surface area contributed by atoms with Crippen molar-refractivity contribution in [2.75, 3.05) is 13.2 Å². The van der Waals surface area contributed by atoms with Crippen molar-refractivity contribution in [2.24, 2.45) is 11.3 Å². The Kier molecular flexibility index (Phi) is 6.05. The maximum absolute atomic E-state index is 14.6. The molecule has 3 fully saturated rings. The minimum Gasteiger partial charge on any atom is -0.381 e. The first-order valence-electron chi connectivity index (χ1n) is 13.1. The van der Waals surface area contributed by atoms with Gasteiger partial charge in [-0.3, -0.25) is 9.78 Å². The van der Waals surface area contributed by atoms with Crippen LogP contribution in [0.1, 0.15) is 49.7 Å². The number of halogens is 1. The van der Waals surface area contributed by atoms with Gasteiger partial charge in [-0.05, 0) is 79.9 Å². The SMILES string of the molecule is O=C(N1[C@H]2CC[C@H]1CC(Cc1cncc3ccccc13)C2)C1(Cc2ccccc2F)CCOCC1. The molecule has 182 valence electrons. The van der Waals surface area contributed by atoms with Crippen molar-refractivity contribution < 1.29 is 13.9 Å². The molecule has 5 heteroatoms. The summed E-state index contributed by atoms with van der Waals surface area (Å²) in [5.41, 5.74) is 1.40. The Morgan fingerprint density at radius 2 is 1.69 bits per heavy atom. The van der Waals surface area contributed by atoms with Gasteiger partial charge in [0.2, 0.25) is 5.91 Å². The number of carbonyl (C=O) groups is 1. The highest BCUT2D eigenvalue weighted by molar-refractivity contribution is 5.85. The molecule has 2 aromatic carbocycles. The summed E-state index contributed by atoms with van der Waals surface area (Å²) >= 11 is 0. The van der Waals surface area contributed by atoms with Crippen LogP contribution in [-0.4, -0.2) is 41.1 Å². The number of nitrogens with zero attached hydrogens (tertiary/aromatic N) is 2. The van der Waals surface area contributed by atoms with Gasteiger partial charge in [-0.1, -0.05) is 42.5 Å². The summed E-state index contributed by atoms with van der Waals surface area (Å²) in [6.07, 6.45) is 11.0. The molecule has 0 N–H and O–H groups in total. The zero-order chi connectivity index (χ0) is 23.8. The van der Waals surface area contributed by atoms with Crippen LogP contribution in [0.3, 0.4) is 0 Å². The van der Waals surface area contributed by atoms with Crippen LogP contribution in [0.4, 0.5) is 4.39 Å². The summed E-state index contributed by atoms with van der Waals surface area (Å²) in [6, 6.07) is 16.0. The molecule has 2 bridgehead atoms. The normalized spacial score (nSPS) is 25.6. The number of fused-ring (bicyclic) bond motifs is 3. The molecule has 0 aliphatic carbocycles. The number of rotatable bonds is 5. The van der Waals surface area contributed by atoms with E-state index in [0.717, 1.165) is 32.1 Å². The highest BCUT2D eigenvalue weighted by Crippen LogP contribution is 2.45. The molecule has 0 spiro atoms. The Morgan fingerprint density at radius 3 is 2.46 bits per heavy atom. The molecule has 4 nitrogen and oxygen atoms in total. The second kappa shape index (κ2) is 9.34. The smallest absolute Gasteiger partial charge is 0.229 e. The molecule has 0 unspecified atom stereocenters. The molecule has 0 saturated carbocycles. The Labute approximate surface area is 206 Å².